The van der Waals surface area contributed by atoms with Gasteiger partial charge in [-0.15, -0.1) is 0 Å². The molecule has 0 atom stereocenters. The second-order valence-electron chi connectivity index (χ2n) is 3.10. The molecule has 0 spiro atoms. The number of carbonyl (C=O) groups excluding carboxylic acids is 1. The number of rotatable bonds is 1. The molecule has 1 aromatic rings. The van der Waals surface area contributed by atoms with Crippen molar-refractivity contribution in [1.29, 1.82) is 0 Å². The van der Waals surface area contributed by atoms with Gasteiger partial charge >= 0.3 is 0 Å². The van der Waals surface area contributed by atoms with Gasteiger partial charge in [0.15, 0.2) is 5.78 Å². The van der Waals surface area contributed by atoms with E-state index >= 15 is 0 Å². The highest BCUT2D eigenvalue weighted by Gasteiger charge is 2.17. The lowest BCUT2D eigenvalue weighted by molar-refractivity contribution is 0.101. The first-order valence-electron chi connectivity index (χ1n) is 4.25. The number of hydrogen-bond acceptors (Lipinski definition) is 3. The molecule has 1 aliphatic rings. The van der Waals surface area contributed by atoms with E-state index < -0.39 is 0 Å². The van der Waals surface area contributed by atoms with E-state index in [2.05, 4.69) is 5.32 Å². The number of ketones is 1. The zero-order valence-corrected chi connectivity index (χ0v) is 8.48. The van der Waals surface area contributed by atoms with Crippen molar-refractivity contribution in [2.45, 2.75) is 13.5 Å². The van der Waals surface area contributed by atoms with Gasteiger partial charge in [-0.05, 0) is 25.2 Å². The van der Waals surface area contributed by atoms with E-state index in [1.807, 2.05) is 12.1 Å². The number of Topliss-reactive ketones (excluding diaryl/α,β-unsaturated/α-hetero) is 1. The fraction of sp³-hybridized carbons (Fsp3) is 0.200. The predicted octanol–water partition coefficient (Wildman–Crippen LogP) is 2.12. The molecule has 0 saturated carbocycles. The van der Waals surface area contributed by atoms with Gasteiger partial charge in [0, 0.05) is 11.1 Å². The van der Waals surface area contributed by atoms with Gasteiger partial charge in [-0.25, -0.2) is 0 Å². The molecule has 1 N–H and O–H groups in total. The molecule has 72 valence electrons. The average molecular weight is 207 g/mol. The second-order valence-corrected chi connectivity index (χ2v) is 3.47. The van der Waals surface area contributed by atoms with Crippen LogP contribution in [0.3, 0.4) is 0 Å². The lowest BCUT2D eigenvalue weighted by Crippen LogP contribution is -2.22. The van der Waals surface area contributed by atoms with Crippen LogP contribution in [0.5, 0.6) is 0 Å². The Morgan fingerprint density at radius 2 is 2.36 bits per heavy atom. The molecular formula is C10H9NO2S. The van der Waals surface area contributed by atoms with Crippen LogP contribution in [0, 0.1) is 0 Å². The van der Waals surface area contributed by atoms with Crippen LogP contribution >= 0.6 is 12.2 Å². The van der Waals surface area contributed by atoms with Crippen molar-refractivity contribution in [3.63, 3.8) is 0 Å². The number of ether oxygens (including phenoxy) is 1. The lowest BCUT2D eigenvalue weighted by atomic mass is 10.0. The highest BCUT2D eigenvalue weighted by molar-refractivity contribution is 7.80. The van der Waals surface area contributed by atoms with Crippen LogP contribution in [0.1, 0.15) is 22.8 Å². The summed E-state index contributed by atoms with van der Waals surface area (Å²) in [5.74, 6) is 0.0269. The maximum absolute atomic E-state index is 11.3. The number of para-hydroxylation sites is 1. The molecule has 0 aliphatic carbocycles. The van der Waals surface area contributed by atoms with Gasteiger partial charge in [0.05, 0.1) is 5.69 Å². The molecule has 14 heavy (non-hydrogen) atoms. The SMILES string of the molecule is CC(=O)c1cccc2c1NC(=S)OC2. The molecule has 0 bridgehead atoms. The molecule has 0 amide bonds. The van der Waals surface area contributed by atoms with Gasteiger partial charge in [0.1, 0.15) is 6.61 Å². The first-order valence-corrected chi connectivity index (χ1v) is 4.66. The van der Waals surface area contributed by atoms with E-state index in [1.165, 1.54) is 6.92 Å². The van der Waals surface area contributed by atoms with Gasteiger partial charge in [0.25, 0.3) is 5.17 Å². The number of hydrogen-bond donors (Lipinski definition) is 1. The van der Waals surface area contributed by atoms with Crippen molar-refractivity contribution < 1.29 is 9.53 Å². The maximum atomic E-state index is 11.3. The van der Waals surface area contributed by atoms with E-state index in [0.717, 1.165) is 11.3 Å². The van der Waals surface area contributed by atoms with Crippen LogP contribution < -0.4 is 5.32 Å². The molecule has 0 radical (unpaired) electrons. The Morgan fingerprint density at radius 1 is 1.57 bits per heavy atom. The van der Waals surface area contributed by atoms with Crippen molar-refractivity contribution in [2.75, 3.05) is 5.32 Å². The molecule has 0 unspecified atom stereocenters. The lowest BCUT2D eigenvalue weighted by Gasteiger charge is -2.21. The normalized spacial score (nSPS) is 13.9. The molecule has 1 aliphatic heterocycles. The molecule has 1 aromatic carbocycles. The zero-order valence-electron chi connectivity index (χ0n) is 7.66. The van der Waals surface area contributed by atoms with E-state index in [9.17, 15) is 4.79 Å². The Morgan fingerprint density at radius 3 is 3.07 bits per heavy atom. The van der Waals surface area contributed by atoms with Crippen LogP contribution in [0.25, 0.3) is 0 Å². The zero-order chi connectivity index (χ0) is 10.1. The number of nitrogens with one attached hydrogen (secondary N) is 1. The summed E-state index contributed by atoms with van der Waals surface area (Å²) in [5.41, 5.74) is 2.41. The van der Waals surface area contributed by atoms with Crippen LogP contribution in [0.2, 0.25) is 0 Å². The van der Waals surface area contributed by atoms with Crippen molar-refractivity contribution in [2.24, 2.45) is 0 Å². The Balaban J connectivity index is 2.54. The number of anilines is 1. The van der Waals surface area contributed by atoms with E-state index in [0.29, 0.717) is 17.3 Å². The maximum Gasteiger partial charge on any atom is 0.261 e. The van der Waals surface area contributed by atoms with Crippen LogP contribution in [-0.2, 0) is 11.3 Å². The van der Waals surface area contributed by atoms with Gasteiger partial charge < -0.3 is 10.1 Å². The molecule has 1 heterocycles. The number of benzene rings is 1. The summed E-state index contributed by atoms with van der Waals surface area (Å²) >= 11 is 4.88. The molecule has 4 heteroatoms. The minimum absolute atomic E-state index is 0.0269. The summed E-state index contributed by atoms with van der Waals surface area (Å²) in [6, 6.07) is 5.54. The number of fused-ring (bicyclic) bond motifs is 1. The summed E-state index contributed by atoms with van der Waals surface area (Å²) in [5, 5.41) is 3.22. The van der Waals surface area contributed by atoms with Crippen molar-refractivity contribution in [1.82, 2.24) is 0 Å². The smallest absolute Gasteiger partial charge is 0.261 e. The van der Waals surface area contributed by atoms with E-state index in [-0.39, 0.29) is 5.78 Å². The summed E-state index contributed by atoms with van der Waals surface area (Å²) in [6.07, 6.45) is 0. The van der Waals surface area contributed by atoms with Gasteiger partial charge in [-0.2, -0.15) is 0 Å². The highest BCUT2D eigenvalue weighted by Crippen LogP contribution is 2.26. The molecule has 0 saturated heterocycles. The minimum atomic E-state index is 0.0269. The first-order chi connectivity index (χ1) is 6.68. The quantitative estimate of drug-likeness (QED) is 0.565. The molecular weight excluding hydrogens is 198 g/mol. The summed E-state index contributed by atoms with van der Waals surface area (Å²) in [4.78, 5) is 11.3. The predicted molar refractivity (Wildman–Crippen MR) is 57.5 cm³/mol. The van der Waals surface area contributed by atoms with Crippen molar-refractivity contribution in [3.8, 4) is 0 Å². The topological polar surface area (TPSA) is 38.3 Å². The Hall–Kier alpha value is -1.42. The number of carbonyl (C=O) groups is 1. The van der Waals surface area contributed by atoms with Gasteiger partial charge in [0.2, 0.25) is 0 Å². The minimum Gasteiger partial charge on any atom is -0.466 e. The highest BCUT2D eigenvalue weighted by atomic mass is 32.1. The summed E-state index contributed by atoms with van der Waals surface area (Å²) in [6.45, 7) is 1.97. The van der Waals surface area contributed by atoms with Gasteiger partial charge in [-0.1, -0.05) is 12.1 Å². The average Bonchev–Trinajstić information content (AvgIpc) is 2.16. The Labute approximate surface area is 87.1 Å². The molecule has 0 aromatic heterocycles. The second kappa shape index (κ2) is 3.38. The van der Waals surface area contributed by atoms with E-state index in [1.54, 1.807) is 6.07 Å². The van der Waals surface area contributed by atoms with Crippen LogP contribution in [-0.4, -0.2) is 11.0 Å². The summed E-state index contributed by atoms with van der Waals surface area (Å²) in [7, 11) is 0. The molecule has 2 rings (SSSR count). The standard InChI is InChI=1S/C10H9NO2S/c1-6(12)8-4-2-3-7-5-13-10(14)11-9(7)8/h2-4H,5H2,1H3,(H,11,14). The fourth-order valence-corrected chi connectivity index (χ4v) is 1.60. The third-order valence-corrected chi connectivity index (χ3v) is 2.34. The van der Waals surface area contributed by atoms with Gasteiger partial charge in [-0.3, -0.25) is 4.79 Å². The summed E-state index contributed by atoms with van der Waals surface area (Å²) < 4.78 is 5.15. The first kappa shape index (κ1) is 9.15. The monoisotopic (exact) mass is 207 g/mol. The molecule has 3 nitrogen and oxygen atoms in total. The fourth-order valence-electron chi connectivity index (χ4n) is 1.44. The Bertz CT molecular complexity index is 415. The largest absolute Gasteiger partial charge is 0.466 e. The van der Waals surface area contributed by atoms with Crippen molar-refractivity contribution in [3.05, 3.63) is 29.3 Å². The van der Waals surface area contributed by atoms with E-state index in [4.69, 9.17) is 17.0 Å². The Kier molecular flexibility index (Phi) is 2.21. The molecule has 0 fully saturated rings. The number of thiocarbonyl (C=S) groups is 1. The van der Waals surface area contributed by atoms with Crippen LogP contribution in [0.4, 0.5) is 5.69 Å². The third-order valence-electron chi connectivity index (χ3n) is 2.12. The van der Waals surface area contributed by atoms with Crippen LogP contribution in [0.15, 0.2) is 18.2 Å². The third kappa shape index (κ3) is 1.48. The van der Waals surface area contributed by atoms with Crippen molar-refractivity contribution >= 4 is 28.9 Å².